The Morgan fingerprint density at radius 2 is 2.15 bits per heavy atom. The average Bonchev–Trinajstić information content (AvgIpc) is 2.86. The Labute approximate surface area is 128 Å². The molecule has 1 saturated carbocycles. The van der Waals surface area contributed by atoms with E-state index in [-0.39, 0.29) is 11.4 Å². The maximum absolute atomic E-state index is 12.2. The van der Waals surface area contributed by atoms with Gasteiger partial charge in [0.25, 0.3) is 5.91 Å². The van der Waals surface area contributed by atoms with Crippen LogP contribution in [0.3, 0.4) is 0 Å². The normalized spacial score (nSPS) is 25.6. The standard InChI is InChI=1S/C15H22BrN3O/c16-11-8-13(17-10-11)14(20)19-12-4-7-18-15(9-12)5-2-1-3-6-15/h8,10,12,17-18H,1-7,9H2,(H,19,20). The fraction of sp³-hybridized carbons (Fsp3) is 0.667. The van der Waals surface area contributed by atoms with Gasteiger partial charge in [-0.2, -0.15) is 0 Å². The van der Waals surface area contributed by atoms with Gasteiger partial charge in [-0.05, 0) is 54.2 Å². The van der Waals surface area contributed by atoms with Crippen molar-refractivity contribution in [2.24, 2.45) is 0 Å². The average molecular weight is 340 g/mol. The van der Waals surface area contributed by atoms with Crippen molar-refractivity contribution in [3.63, 3.8) is 0 Å². The Hall–Kier alpha value is -0.810. The van der Waals surface area contributed by atoms with E-state index in [0.717, 1.165) is 23.9 Å². The highest BCUT2D eigenvalue weighted by molar-refractivity contribution is 9.10. The Bertz CT molecular complexity index is 474. The van der Waals surface area contributed by atoms with Gasteiger partial charge in [0.2, 0.25) is 0 Å². The second kappa shape index (κ2) is 5.90. The summed E-state index contributed by atoms with van der Waals surface area (Å²) in [6.07, 6.45) is 10.4. The number of rotatable bonds is 2. The van der Waals surface area contributed by atoms with E-state index in [0.29, 0.717) is 11.7 Å². The first-order valence-corrected chi connectivity index (χ1v) is 8.36. The lowest BCUT2D eigenvalue weighted by Crippen LogP contribution is -2.57. The number of aromatic amines is 1. The van der Waals surface area contributed by atoms with Gasteiger partial charge in [0.05, 0.1) is 0 Å². The highest BCUT2D eigenvalue weighted by Crippen LogP contribution is 2.34. The molecule has 2 aliphatic rings. The number of carbonyl (C=O) groups excluding carboxylic acids is 1. The zero-order valence-electron chi connectivity index (χ0n) is 11.7. The molecule has 1 atom stereocenters. The highest BCUT2D eigenvalue weighted by atomic mass is 79.9. The van der Waals surface area contributed by atoms with Crippen molar-refractivity contribution in [2.45, 2.75) is 56.5 Å². The van der Waals surface area contributed by atoms with E-state index >= 15 is 0 Å². The molecule has 0 radical (unpaired) electrons. The van der Waals surface area contributed by atoms with Crippen molar-refractivity contribution in [3.05, 3.63) is 22.4 Å². The molecule has 1 aliphatic heterocycles. The second-order valence-electron chi connectivity index (χ2n) is 6.16. The molecule has 3 rings (SSSR count). The predicted molar refractivity (Wildman–Crippen MR) is 82.8 cm³/mol. The molecule has 5 heteroatoms. The number of aromatic nitrogens is 1. The van der Waals surface area contributed by atoms with Gasteiger partial charge in [0.1, 0.15) is 5.69 Å². The summed E-state index contributed by atoms with van der Waals surface area (Å²) in [5.41, 5.74) is 0.915. The zero-order chi connectivity index (χ0) is 14.0. The number of hydrogen-bond acceptors (Lipinski definition) is 2. The van der Waals surface area contributed by atoms with E-state index in [9.17, 15) is 4.79 Å². The topological polar surface area (TPSA) is 56.9 Å². The van der Waals surface area contributed by atoms with Crippen LogP contribution in [0.25, 0.3) is 0 Å². The molecule has 1 aromatic heterocycles. The maximum atomic E-state index is 12.2. The van der Waals surface area contributed by atoms with Crippen LogP contribution in [-0.2, 0) is 0 Å². The molecule has 4 nitrogen and oxygen atoms in total. The van der Waals surface area contributed by atoms with Gasteiger partial charge in [-0.15, -0.1) is 0 Å². The molecule has 1 unspecified atom stereocenters. The molecule has 3 N–H and O–H groups in total. The maximum Gasteiger partial charge on any atom is 0.267 e. The first-order valence-electron chi connectivity index (χ1n) is 7.57. The number of amides is 1. The Balaban J connectivity index is 1.61. The molecule has 0 aromatic carbocycles. The molecular weight excluding hydrogens is 318 g/mol. The van der Waals surface area contributed by atoms with E-state index in [2.05, 4.69) is 31.5 Å². The molecule has 20 heavy (non-hydrogen) atoms. The van der Waals surface area contributed by atoms with Crippen molar-refractivity contribution in [3.8, 4) is 0 Å². The number of halogens is 1. The summed E-state index contributed by atoms with van der Waals surface area (Å²) >= 11 is 3.36. The number of H-pyrrole nitrogens is 1. The van der Waals surface area contributed by atoms with E-state index in [1.807, 2.05) is 6.07 Å². The van der Waals surface area contributed by atoms with Gasteiger partial charge in [-0.3, -0.25) is 4.79 Å². The molecule has 0 bridgehead atoms. The van der Waals surface area contributed by atoms with Crippen molar-refractivity contribution in [1.29, 1.82) is 0 Å². The quantitative estimate of drug-likeness (QED) is 0.775. The van der Waals surface area contributed by atoms with Gasteiger partial charge in [-0.1, -0.05) is 19.3 Å². The van der Waals surface area contributed by atoms with Gasteiger partial charge in [0, 0.05) is 22.3 Å². The van der Waals surface area contributed by atoms with Crippen LogP contribution in [0.15, 0.2) is 16.7 Å². The molecule has 2 fully saturated rings. The fourth-order valence-electron chi connectivity index (χ4n) is 3.65. The smallest absolute Gasteiger partial charge is 0.267 e. The summed E-state index contributed by atoms with van der Waals surface area (Å²) in [7, 11) is 0. The summed E-state index contributed by atoms with van der Waals surface area (Å²) in [6, 6.07) is 2.12. The van der Waals surface area contributed by atoms with Crippen LogP contribution in [0, 0.1) is 0 Å². The van der Waals surface area contributed by atoms with Crippen molar-refractivity contribution in [2.75, 3.05) is 6.54 Å². The minimum Gasteiger partial charge on any atom is -0.356 e. The molecule has 110 valence electrons. The van der Waals surface area contributed by atoms with Crippen LogP contribution in [0.2, 0.25) is 0 Å². The molecule has 1 spiro atoms. The van der Waals surface area contributed by atoms with E-state index < -0.39 is 0 Å². The second-order valence-corrected chi connectivity index (χ2v) is 7.08. The third-order valence-corrected chi connectivity index (χ3v) is 5.13. The van der Waals surface area contributed by atoms with E-state index in [1.165, 1.54) is 32.1 Å². The lowest BCUT2D eigenvalue weighted by Gasteiger charge is -2.44. The first kappa shape index (κ1) is 14.1. The van der Waals surface area contributed by atoms with Crippen LogP contribution >= 0.6 is 15.9 Å². The van der Waals surface area contributed by atoms with Crippen molar-refractivity contribution >= 4 is 21.8 Å². The number of nitrogens with one attached hydrogen (secondary N) is 3. The largest absolute Gasteiger partial charge is 0.356 e. The third-order valence-electron chi connectivity index (χ3n) is 4.67. The molecule has 1 aromatic rings. The summed E-state index contributed by atoms with van der Waals surface area (Å²) in [6.45, 7) is 1.01. The van der Waals surface area contributed by atoms with Gasteiger partial charge >= 0.3 is 0 Å². The minimum absolute atomic E-state index is 0.00793. The molecule has 1 saturated heterocycles. The van der Waals surface area contributed by atoms with E-state index in [1.54, 1.807) is 6.20 Å². The lowest BCUT2D eigenvalue weighted by atomic mass is 9.75. The van der Waals surface area contributed by atoms with Gasteiger partial charge in [0.15, 0.2) is 0 Å². The van der Waals surface area contributed by atoms with Crippen molar-refractivity contribution < 1.29 is 4.79 Å². The lowest BCUT2D eigenvalue weighted by molar-refractivity contribution is 0.0888. The number of carbonyl (C=O) groups is 1. The highest BCUT2D eigenvalue weighted by Gasteiger charge is 2.37. The Kier molecular flexibility index (Phi) is 4.17. The molecule has 1 amide bonds. The summed E-state index contributed by atoms with van der Waals surface area (Å²) in [5.74, 6) is 0.00793. The van der Waals surface area contributed by atoms with Gasteiger partial charge < -0.3 is 15.6 Å². The summed E-state index contributed by atoms with van der Waals surface area (Å²) in [5, 5.41) is 6.90. The number of piperidine rings is 1. The third kappa shape index (κ3) is 3.09. The monoisotopic (exact) mass is 339 g/mol. The van der Waals surface area contributed by atoms with E-state index in [4.69, 9.17) is 0 Å². The van der Waals surface area contributed by atoms with Crippen LogP contribution < -0.4 is 10.6 Å². The van der Waals surface area contributed by atoms with Crippen molar-refractivity contribution in [1.82, 2.24) is 15.6 Å². The fourth-order valence-corrected chi connectivity index (χ4v) is 4.00. The van der Waals surface area contributed by atoms with Crippen LogP contribution in [0.4, 0.5) is 0 Å². The Morgan fingerprint density at radius 3 is 2.85 bits per heavy atom. The molecule has 1 aliphatic carbocycles. The van der Waals surface area contributed by atoms with Gasteiger partial charge in [-0.25, -0.2) is 0 Å². The summed E-state index contributed by atoms with van der Waals surface area (Å²) < 4.78 is 0.914. The van der Waals surface area contributed by atoms with Crippen LogP contribution in [0.5, 0.6) is 0 Å². The zero-order valence-corrected chi connectivity index (χ0v) is 13.3. The number of hydrogen-bond donors (Lipinski definition) is 3. The minimum atomic E-state index is 0.00793. The first-order chi connectivity index (χ1) is 9.67. The van der Waals surface area contributed by atoms with Crippen LogP contribution in [0.1, 0.15) is 55.4 Å². The molecular formula is C15H22BrN3O. The molecule has 2 heterocycles. The summed E-state index contributed by atoms with van der Waals surface area (Å²) in [4.78, 5) is 15.2. The predicted octanol–water partition coefficient (Wildman–Crippen LogP) is 2.96. The van der Waals surface area contributed by atoms with Crippen LogP contribution in [-0.4, -0.2) is 29.0 Å². The SMILES string of the molecule is O=C(NC1CCNC2(CCCCC2)C1)c1cc(Br)c[nH]1. The Morgan fingerprint density at radius 1 is 1.35 bits per heavy atom.